The van der Waals surface area contributed by atoms with E-state index in [1.54, 1.807) is 32.3 Å². The van der Waals surface area contributed by atoms with Crippen LogP contribution in [0, 0.1) is 0 Å². The van der Waals surface area contributed by atoms with Gasteiger partial charge >= 0.3 is 6.03 Å². The van der Waals surface area contributed by atoms with E-state index in [4.69, 9.17) is 6.85 Å². The van der Waals surface area contributed by atoms with Gasteiger partial charge in [-0.2, -0.15) is 15.0 Å². The molecule has 31 heavy (non-hydrogen) atoms. The maximum absolute atomic E-state index is 12.7. The highest BCUT2D eigenvalue weighted by Crippen LogP contribution is 2.42. The fourth-order valence-electron chi connectivity index (χ4n) is 3.27. The predicted octanol–water partition coefficient (Wildman–Crippen LogP) is 1.68. The average Bonchev–Trinajstić information content (AvgIpc) is 3.19. The van der Waals surface area contributed by atoms with Crippen LogP contribution in [0.15, 0.2) is 30.5 Å². The molecule has 11 heteroatoms. The van der Waals surface area contributed by atoms with Crippen LogP contribution in [-0.4, -0.2) is 53.0 Å². The van der Waals surface area contributed by atoms with E-state index in [0.717, 1.165) is 6.20 Å². The normalized spacial score (nSPS) is 16.4. The minimum Gasteiger partial charge on any atom is -0.366 e. The molecule has 1 aliphatic rings. The fourth-order valence-corrected chi connectivity index (χ4v) is 3.27. The Labute approximate surface area is 185 Å². The van der Waals surface area contributed by atoms with Crippen molar-refractivity contribution in [3.05, 3.63) is 41.7 Å². The zero-order valence-corrected chi connectivity index (χ0v) is 16.9. The van der Waals surface area contributed by atoms with Crippen LogP contribution >= 0.6 is 0 Å². The Kier molecular flexibility index (Phi) is 3.78. The summed E-state index contributed by atoms with van der Waals surface area (Å²) < 4.78 is 39.4. The van der Waals surface area contributed by atoms with E-state index in [1.165, 1.54) is 22.8 Å². The van der Waals surface area contributed by atoms with Crippen molar-refractivity contribution in [2.75, 3.05) is 36.6 Å². The highest BCUT2D eigenvalue weighted by Gasteiger charge is 2.27. The number of aromatic nitrogens is 4. The highest BCUT2D eigenvalue weighted by atomic mass is 16.2. The number of amides is 3. The van der Waals surface area contributed by atoms with Gasteiger partial charge in [-0.25, -0.2) is 9.78 Å². The number of para-hydroxylation sites is 1. The molecule has 4 rings (SSSR count). The van der Waals surface area contributed by atoms with Crippen LogP contribution in [0.2, 0.25) is 0 Å². The van der Waals surface area contributed by atoms with E-state index in [0.29, 0.717) is 22.6 Å². The zero-order valence-electron chi connectivity index (χ0n) is 21.9. The molecule has 0 spiro atoms. The van der Waals surface area contributed by atoms with Crippen molar-refractivity contribution in [3.8, 4) is 11.3 Å². The number of pyridine rings is 1. The molecule has 0 bridgehead atoms. The maximum Gasteiger partial charge on any atom is 0.320 e. The molecule has 1 aliphatic heterocycles. The molecule has 11 nitrogen and oxygen atoms in total. The monoisotopic (exact) mass is 426 g/mol. The first-order chi connectivity index (χ1) is 16.8. The molecule has 2 aromatic heterocycles. The first-order valence-electron chi connectivity index (χ1n) is 11.7. The topological polar surface area (TPSA) is 129 Å². The third-order valence-electron chi connectivity index (χ3n) is 4.61. The lowest BCUT2D eigenvalue weighted by Crippen LogP contribution is -2.26. The number of rotatable bonds is 4. The van der Waals surface area contributed by atoms with Crippen molar-refractivity contribution >= 4 is 34.8 Å². The number of carbonyl (C=O) groups is 2. The Balaban J connectivity index is 1.83. The zero-order chi connectivity index (χ0) is 26.4. The second kappa shape index (κ2) is 7.94. The van der Waals surface area contributed by atoms with Crippen LogP contribution in [0.3, 0.4) is 0 Å². The van der Waals surface area contributed by atoms with Crippen LogP contribution < -0.4 is 26.2 Å². The van der Waals surface area contributed by atoms with Gasteiger partial charge in [0.15, 0.2) is 0 Å². The molecule has 0 radical (unpaired) electrons. The van der Waals surface area contributed by atoms with Gasteiger partial charge in [0.25, 0.3) is 5.91 Å². The molecule has 160 valence electrons. The van der Waals surface area contributed by atoms with Gasteiger partial charge in [-0.05, 0) is 6.07 Å². The number of fused-ring (bicyclic) bond motifs is 3. The summed E-state index contributed by atoms with van der Waals surface area (Å²) in [6, 6.07) is 5.99. The second-order valence-corrected chi connectivity index (χ2v) is 6.66. The summed E-state index contributed by atoms with van der Waals surface area (Å²) in [4.78, 5) is 31.2. The minimum absolute atomic E-state index is 0.0898. The van der Waals surface area contributed by atoms with E-state index in [1.807, 2.05) is 5.32 Å². The van der Waals surface area contributed by atoms with Gasteiger partial charge < -0.3 is 20.9 Å². The Morgan fingerprint density at radius 2 is 2.03 bits per heavy atom. The molecule has 0 unspecified atom stereocenters. The predicted molar refractivity (Wildman–Crippen MR) is 118 cm³/mol. The number of hydrogen-bond donors (Lipinski definition) is 4. The molecule has 3 heterocycles. The van der Waals surface area contributed by atoms with Crippen molar-refractivity contribution in [3.63, 3.8) is 0 Å². The largest absolute Gasteiger partial charge is 0.366 e. The molecule has 3 amide bonds. The number of hydrogen-bond acceptors (Lipinski definition) is 7. The van der Waals surface area contributed by atoms with Crippen LogP contribution in [-0.2, 0) is 13.5 Å². The van der Waals surface area contributed by atoms with Crippen molar-refractivity contribution in [2.24, 2.45) is 7.05 Å². The number of benzene rings is 1. The van der Waals surface area contributed by atoms with Crippen molar-refractivity contribution < 1.29 is 16.4 Å². The lowest BCUT2D eigenvalue weighted by molar-refractivity contribution is 0.0963. The second-order valence-electron chi connectivity index (χ2n) is 6.66. The van der Waals surface area contributed by atoms with Gasteiger partial charge in [-0.1, -0.05) is 12.1 Å². The molecule has 4 N–H and O–H groups in total. The number of aryl methyl sites for hydroxylation is 1. The van der Waals surface area contributed by atoms with Crippen molar-refractivity contribution in [1.82, 2.24) is 30.6 Å². The van der Waals surface area contributed by atoms with Gasteiger partial charge in [0.1, 0.15) is 17.2 Å². The average molecular weight is 426 g/mol. The Morgan fingerprint density at radius 3 is 2.81 bits per heavy atom. The van der Waals surface area contributed by atoms with Gasteiger partial charge in [0.2, 0.25) is 0 Å². The molecule has 0 aliphatic carbocycles. The van der Waals surface area contributed by atoms with Gasteiger partial charge in [0.05, 0.1) is 31.9 Å². The molecule has 3 aromatic rings. The summed E-state index contributed by atoms with van der Waals surface area (Å²) in [5.74, 6) is -0.826. The summed E-state index contributed by atoms with van der Waals surface area (Å²) in [7, 11) is 4.59. The van der Waals surface area contributed by atoms with E-state index < -0.39 is 25.4 Å². The minimum atomic E-state index is -2.74. The van der Waals surface area contributed by atoms with E-state index in [2.05, 4.69) is 31.1 Å². The van der Waals surface area contributed by atoms with E-state index >= 15 is 0 Å². The van der Waals surface area contributed by atoms with Crippen LogP contribution in [0.4, 0.5) is 27.7 Å². The fraction of sp³-hybridized carbons (Fsp3) is 0.250. The summed E-state index contributed by atoms with van der Waals surface area (Å²) in [6.45, 7) is -4.74. The summed E-state index contributed by atoms with van der Waals surface area (Å²) >= 11 is 0. The van der Waals surface area contributed by atoms with Crippen LogP contribution in [0.5, 0.6) is 0 Å². The van der Waals surface area contributed by atoms with Crippen LogP contribution in [0.1, 0.15) is 22.9 Å². The van der Waals surface area contributed by atoms with Gasteiger partial charge in [-0.15, -0.1) is 0 Å². The molecular weight excluding hydrogens is 398 g/mol. The first-order valence-corrected chi connectivity index (χ1v) is 9.19. The summed E-state index contributed by atoms with van der Waals surface area (Å²) in [6.07, 6.45) is 1.13. The number of carbonyl (C=O) groups excluding carboxylic acids is 2. The smallest absolute Gasteiger partial charge is 0.320 e. The summed E-state index contributed by atoms with van der Waals surface area (Å²) in [5.41, 5.74) is 2.00. The Bertz CT molecular complexity index is 1360. The molecular formula is C20H23N9O2. The number of anilines is 4. The van der Waals surface area contributed by atoms with Crippen molar-refractivity contribution in [1.29, 1.82) is 0 Å². The molecule has 0 atom stereocenters. The van der Waals surface area contributed by atoms with E-state index in [-0.39, 0.29) is 22.8 Å². The van der Waals surface area contributed by atoms with Gasteiger partial charge in [0, 0.05) is 50.1 Å². The number of urea groups is 1. The van der Waals surface area contributed by atoms with E-state index in [9.17, 15) is 9.59 Å². The third kappa shape index (κ3) is 3.72. The van der Waals surface area contributed by atoms with Crippen LogP contribution in [0.25, 0.3) is 11.3 Å². The standard InChI is InChI=1S/C20H23N9O2/c1-21-19(30)12-9-23-16(25-20(31)22-2)8-14(12)24-13-7-5-6-11-17-15(26-29(4)27-17)10-28(3)18(11)13/h5-9H,10H2,1-4H3,(H,21,30)(H3,22,23,24,25,31)/i1D3,10D2. The number of nitrogens with zero attached hydrogens (tertiary/aromatic N) is 5. The van der Waals surface area contributed by atoms with Gasteiger partial charge in [-0.3, -0.25) is 10.1 Å². The lowest BCUT2D eigenvalue weighted by Gasteiger charge is -2.29. The maximum atomic E-state index is 12.7. The van der Waals surface area contributed by atoms with Crippen molar-refractivity contribution in [2.45, 2.75) is 6.50 Å². The quantitative estimate of drug-likeness (QED) is 0.499. The Morgan fingerprint density at radius 1 is 1.19 bits per heavy atom. The Hall–Kier alpha value is -4.15. The summed E-state index contributed by atoms with van der Waals surface area (Å²) in [5, 5.41) is 18.4. The third-order valence-corrected chi connectivity index (χ3v) is 4.61. The lowest BCUT2D eigenvalue weighted by atomic mass is 10.0. The molecule has 1 aromatic carbocycles. The number of nitrogens with one attached hydrogen (secondary N) is 4. The SMILES string of the molecule is [2H]C([2H])([2H])NC(=O)c1cnc(NC(=O)NC)cc1Nc1cccc2c1N(C)C([2H])([2H])c1nn(C)nc1-2. The molecule has 0 fully saturated rings. The first kappa shape index (κ1) is 14.8. The molecule has 0 saturated heterocycles. The molecule has 0 saturated carbocycles. The highest BCUT2D eigenvalue weighted by molar-refractivity contribution is 6.02.